The van der Waals surface area contributed by atoms with Crippen molar-refractivity contribution in [2.45, 2.75) is 6.54 Å². The Balaban J connectivity index is 2.00. The van der Waals surface area contributed by atoms with Crippen LogP contribution in [-0.4, -0.2) is 20.7 Å². The first-order valence-electron chi connectivity index (χ1n) is 6.52. The Kier molecular flexibility index (Phi) is 3.23. The second-order valence-corrected chi connectivity index (χ2v) is 4.87. The monoisotopic (exact) mass is 281 g/mol. The number of rotatable bonds is 3. The van der Waals surface area contributed by atoms with Gasteiger partial charge in [-0.3, -0.25) is 0 Å². The van der Waals surface area contributed by atoms with Gasteiger partial charge in [-0.05, 0) is 35.2 Å². The van der Waals surface area contributed by atoms with E-state index in [0.29, 0.717) is 12.1 Å². The number of aromatic nitrogens is 1. The highest BCUT2D eigenvalue weighted by atomic mass is 16.4. The molecule has 0 amide bonds. The lowest BCUT2D eigenvalue weighted by Crippen LogP contribution is -2.13. The molecule has 0 fully saturated rings. The van der Waals surface area contributed by atoms with Crippen LogP contribution in [0.25, 0.3) is 10.9 Å². The lowest BCUT2D eigenvalue weighted by molar-refractivity contribution is 0.318. The van der Waals surface area contributed by atoms with Gasteiger partial charge < -0.3 is 20.6 Å². The SMILES string of the molecule is N/C(=N/O)c1ccc2ccn(Cc3ccc(O)cc3)c2c1. The second-order valence-electron chi connectivity index (χ2n) is 4.87. The van der Waals surface area contributed by atoms with Crippen LogP contribution in [0.2, 0.25) is 0 Å². The van der Waals surface area contributed by atoms with E-state index >= 15 is 0 Å². The summed E-state index contributed by atoms with van der Waals surface area (Å²) in [5.41, 5.74) is 8.40. The first-order valence-corrected chi connectivity index (χ1v) is 6.52. The Bertz CT molecular complexity index is 804. The Labute approximate surface area is 121 Å². The van der Waals surface area contributed by atoms with Crippen molar-refractivity contribution in [3.05, 3.63) is 65.9 Å². The van der Waals surface area contributed by atoms with Crippen molar-refractivity contribution in [1.82, 2.24) is 4.57 Å². The van der Waals surface area contributed by atoms with Crippen molar-refractivity contribution in [3.8, 4) is 5.75 Å². The van der Waals surface area contributed by atoms with E-state index in [1.165, 1.54) is 0 Å². The van der Waals surface area contributed by atoms with Crippen molar-refractivity contribution in [2.24, 2.45) is 10.9 Å². The number of benzene rings is 2. The second kappa shape index (κ2) is 5.20. The van der Waals surface area contributed by atoms with Gasteiger partial charge in [0.1, 0.15) is 5.75 Å². The third-order valence-electron chi connectivity index (χ3n) is 3.47. The van der Waals surface area contributed by atoms with E-state index in [2.05, 4.69) is 9.72 Å². The molecule has 3 rings (SSSR count). The molecular weight excluding hydrogens is 266 g/mol. The summed E-state index contributed by atoms with van der Waals surface area (Å²) in [6, 6.07) is 14.8. The van der Waals surface area contributed by atoms with E-state index in [0.717, 1.165) is 16.5 Å². The number of oxime groups is 1. The molecule has 106 valence electrons. The summed E-state index contributed by atoms with van der Waals surface area (Å²) < 4.78 is 2.08. The van der Waals surface area contributed by atoms with E-state index in [-0.39, 0.29) is 11.6 Å². The summed E-state index contributed by atoms with van der Waals surface area (Å²) in [7, 11) is 0. The van der Waals surface area contributed by atoms with Crippen LogP contribution in [0, 0.1) is 0 Å². The van der Waals surface area contributed by atoms with Gasteiger partial charge in [0.25, 0.3) is 0 Å². The lowest BCUT2D eigenvalue weighted by atomic mass is 10.1. The van der Waals surface area contributed by atoms with Crippen molar-refractivity contribution in [3.63, 3.8) is 0 Å². The number of amidine groups is 1. The summed E-state index contributed by atoms with van der Waals surface area (Å²) in [4.78, 5) is 0. The molecule has 0 aliphatic rings. The molecule has 21 heavy (non-hydrogen) atoms. The molecule has 0 radical (unpaired) electrons. The highest BCUT2D eigenvalue weighted by Crippen LogP contribution is 2.20. The zero-order valence-corrected chi connectivity index (χ0v) is 11.3. The predicted molar refractivity (Wildman–Crippen MR) is 81.7 cm³/mol. The zero-order chi connectivity index (χ0) is 14.8. The third-order valence-corrected chi connectivity index (χ3v) is 3.47. The Morgan fingerprint density at radius 1 is 1.10 bits per heavy atom. The van der Waals surface area contributed by atoms with Gasteiger partial charge in [-0.15, -0.1) is 0 Å². The van der Waals surface area contributed by atoms with Crippen LogP contribution in [0.4, 0.5) is 0 Å². The Morgan fingerprint density at radius 2 is 1.86 bits per heavy atom. The molecule has 5 nitrogen and oxygen atoms in total. The Morgan fingerprint density at radius 3 is 2.57 bits per heavy atom. The van der Waals surface area contributed by atoms with Crippen LogP contribution >= 0.6 is 0 Å². The fourth-order valence-corrected chi connectivity index (χ4v) is 2.34. The van der Waals surface area contributed by atoms with Crippen LogP contribution in [0.15, 0.2) is 59.9 Å². The molecule has 0 saturated carbocycles. The molecule has 4 N–H and O–H groups in total. The van der Waals surface area contributed by atoms with Crippen LogP contribution in [0.5, 0.6) is 5.75 Å². The summed E-state index contributed by atoms with van der Waals surface area (Å²) in [6.45, 7) is 0.684. The molecule has 0 atom stereocenters. The van der Waals surface area contributed by atoms with Gasteiger partial charge in [0.2, 0.25) is 0 Å². The van der Waals surface area contributed by atoms with Gasteiger partial charge >= 0.3 is 0 Å². The highest BCUT2D eigenvalue weighted by Gasteiger charge is 2.06. The van der Waals surface area contributed by atoms with Crippen LogP contribution in [0.3, 0.4) is 0 Å². The number of phenols is 1. The number of aromatic hydroxyl groups is 1. The van der Waals surface area contributed by atoms with Gasteiger partial charge in [-0.25, -0.2) is 0 Å². The molecule has 2 aromatic carbocycles. The molecule has 0 bridgehead atoms. The maximum absolute atomic E-state index is 9.32. The topological polar surface area (TPSA) is 83.8 Å². The number of phenolic OH excluding ortho intramolecular Hbond substituents is 1. The molecule has 1 heterocycles. The van der Waals surface area contributed by atoms with E-state index in [1.54, 1.807) is 12.1 Å². The van der Waals surface area contributed by atoms with Crippen molar-refractivity contribution in [2.75, 3.05) is 0 Å². The summed E-state index contributed by atoms with van der Waals surface area (Å²) in [6.07, 6.45) is 1.99. The lowest BCUT2D eigenvalue weighted by Gasteiger charge is -2.07. The van der Waals surface area contributed by atoms with Crippen molar-refractivity contribution < 1.29 is 10.3 Å². The van der Waals surface area contributed by atoms with E-state index in [9.17, 15) is 5.11 Å². The highest BCUT2D eigenvalue weighted by molar-refractivity contribution is 6.00. The fraction of sp³-hybridized carbons (Fsp3) is 0.0625. The zero-order valence-electron chi connectivity index (χ0n) is 11.3. The quantitative estimate of drug-likeness (QED) is 0.298. The fourth-order valence-electron chi connectivity index (χ4n) is 2.34. The average Bonchev–Trinajstić information content (AvgIpc) is 2.91. The first kappa shape index (κ1) is 13.1. The van der Waals surface area contributed by atoms with Gasteiger partial charge in [-0.2, -0.15) is 0 Å². The molecule has 0 aliphatic carbocycles. The van der Waals surface area contributed by atoms with E-state index in [1.807, 2.05) is 42.6 Å². The summed E-state index contributed by atoms with van der Waals surface area (Å²) in [5, 5.41) is 22.2. The van der Waals surface area contributed by atoms with Crippen molar-refractivity contribution in [1.29, 1.82) is 0 Å². The normalized spacial score (nSPS) is 11.9. The van der Waals surface area contributed by atoms with Crippen molar-refractivity contribution >= 4 is 16.7 Å². The number of hydrogen-bond acceptors (Lipinski definition) is 3. The largest absolute Gasteiger partial charge is 0.508 e. The number of hydrogen-bond donors (Lipinski definition) is 3. The minimum absolute atomic E-state index is 0.0919. The van der Waals surface area contributed by atoms with E-state index < -0.39 is 0 Å². The third kappa shape index (κ3) is 2.53. The van der Waals surface area contributed by atoms with Crippen LogP contribution < -0.4 is 5.73 Å². The van der Waals surface area contributed by atoms with Crippen LogP contribution in [0.1, 0.15) is 11.1 Å². The predicted octanol–water partition coefficient (Wildman–Crippen LogP) is 2.49. The van der Waals surface area contributed by atoms with Crippen LogP contribution in [-0.2, 0) is 6.54 Å². The Hall–Kier alpha value is -2.95. The van der Waals surface area contributed by atoms with Gasteiger partial charge in [0, 0.05) is 23.8 Å². The molecule has 1 aromatic heterocycles. The smallest absolute Gasteiger partial charge is 0.170 e. The molecule has 0 aliphatic heterocycles. The number of nitrogens with zero attached hydrogens (tertiary/aromatic N) is 2. The minimum atomic E-state index is 0.0919. The molecule has 0 spiro atoms. The van der Waals surface area contributed by atoms with Gasteiger partial charge in [-0.1, -0.05) is 29.4 Å². The molecule has 5 heteroatoms. The minimum Gasteiger partial charge on any atom is -0.508 e. The molecule has 0 unspecified atom stereocenters. The first-order chi connectivity index (χ1) is 10.2. The summed E-state index contributed by atoms with van der Waals surface area (Å²) in [5.74, 6) is 0.347. The van der Waals surface area contributed by atoms with Gasteiger partial charge in [0.15, 0.2) is 5.84 Å². The average molecular weight is 281 g/mol. The molecular formula is C16H15N3O2. The number of fused-ring (bicyclic) bond motifs is 1. The standard InChI is InChI=1S/C16H15N3O2/c17-16(18-21)13-4-3-12-7-8-19(15(12)9-13)10-11-1-5-14(20)6-2-11/h1-9,20-21H,10H2,(H2,17,18). The molecule has 3 aromatic rings. The van der Waals surface area contributed by atoms with E-state index in [4.69, 9.17) is 10.9 Å². The number of nitrogens with two attached hydrogens (primary N) is 1. The maximum atomic E-state index is 9.32. The maximum Gasteiger partial charge on any atom is 0.170 e. The summed E-state index contributed by atoms with van der Waals surface area (Å²) >= 11 is 0. The van der Waals surface area contributed by atoms with Gasteiger partial charge in [0.05, 0.1) is 0 Å². The molecule has 0 saturated heterocycles.